The Morgan fingerprint density at radius 3 is 2.43 bits per heavy atom. The summed E-state index contributed by atoms with van der Waals surface area (Å²) in [4.78, 5) is 2.66. The number of likely N-dealkylation sites (tertiary alicyclic amines) is 1. The van der Waals surface area contributed by atoms with Gasteiger partial charge in [-0.1, -0.05) is 6.42 Å². The highest BCUT2D eigenvalue weighted by Gasteiger charge is 2.28. The molecule has 122 valence electrons. The van der Waals surface area contributed by atoms with Crippen molar-refractivity contribution in [3.63, 3.8) is 0 Å². The molecule has 0 amide bonds. The number of piperidine rings is 1. The van der Waals surface area contributed by atoms with E-state index in [0.717, 1.165) is 23.4 Å². The largest absolute Gasteiger partial charge is 0.366 e. The number of nitrogens with one attached hydrogen (secondary N) is 1. The van der Waals surface area contributed by atoms with Crippen LogP contribution in [-0.2, 0) is 0 Å². The quantitative estimate of drug-likeness (QED) is 0.939. The summed E-state index contributed by atoms with van der Waals surface area (Å²) >= 11 is 0. The number of hydrogen-bond donors (Lipinski definition) is 1. The number of aryl methyl sites for hydroxylation is 1. The Balaban J connectivity index is 1.32. The molecule has 0 spiro atoms. The van der Waals surface area contributed by atoms with Crippen molar-refractivity contribution < 1.29 is 0 Å². The maximum Gasteiger partial charge on any atom is 0.175 e. The van der Waals surface area contributed by atoms with Crippen molar-refractivity contribution in [3.8, 4) is 5.82 Å². The molecule has 1 saturated carbocycles. The second-order valence-electron chi connectivity index (χ2n) is 6.72. The van der Waals surface area contributed by atoms with E-state index in [0.29, 0.717) is 6.04 Å². The highest BCUT2D eigenvalue weighted by molar-refractivity contribution is 5.37. The van der Waals surface area contributed by atoms with E-state index in [4.69, 9.17) is 0 Å². The molecule has 2 aliphatic rings. The second kappa shape index (κ2) is 6.28. The van der Waals surface area contributed by atoms with Crippen molar-refractivity contribution in [3.05, 3.63) is 30.1 Å². The van der Waals surface area contributed by atoms with Crippen LogP contribution in [-0.4, -0.2) is 50.1 Å². The van der Waals surface area contributed by atoms with E-state index in [1.165, 1.54) is 45.2 Å². The number of nitrogens with zero attached hydrogens (tertiary/aromatic N) is 5. The fourth-order valence-corrected chi connectivity index (χ4v) is 3.44. The highest BCUT2D eigenvalue weighted by Crippen LogP contribution is 2.27. The van der Waals surface area contributed by atoms with Crippen LogP contribution in [0.25, 0.3) is 5.82 Å². The summed E-state index contributed by atoms with van der Waals surface area (Å²) in [6.07, 6.45) is 8.51. The Kier molecular flexibility index (Phi) is 3.99. The predicted molar refractivity (Wildman–Crippen MR) is 89.7 cm³/mol. The summed E-state index contributed by atoms with van der Waals surface area (Å²) in [5.74, 6) is 1.61. The zero-order valence-corrected chi connectivity index (χ0v) is 13.6. The van der Waals surface area contributed by atoms with Crippen LogP contribution in [0, 0.1) is 6.92 Å². The summed E-state index contributed by atoms with van der Waals surface area (Å²) in [7, 11) is 0. The zero-order valence-electron chi connectivity index (χ0n) is 13.6. The Bertz CT molecular complexity index is 637. The molecule has 1 saturated heterocycles. The summed E-state index contributed by atoms with van der Waals surface area (Å²) < 4.78 is 1.75. The Hall–Kier alpha value is -1.95. The number of anilines is 1. The van der Waals surface area contributed by atoms with Gasteiger partial charge in [-0.3, -0.25) is 0 Å². The van der Waals surface area contributed by atoms with Crippen molar-refractivity contribution in [2.75, 3.05) is 18.4 Å². The number of aromatic nitrogens is 4. The first kappa shape index (κ1) is 14.6. The average molecular weight is 312 g/mol. The van der Waals surface area contributed by atoms with Crippen molar-refractivity contribution in [1.29, 1.82) is 0 Å². The van der Waals surface area contributed by atoms with Crippen molar-refractivity contribution in [2.45, 2.75) is 51.1 Å². The SMILES string of the molecule is Cc1ccn(-c2ccc(NC3CCN(C4CCC4)CC3)nn2)n1. The third-order valence-electron chi connectivity index (χ3n) is 5.08. The predicted octanol–water partition coefficient (Wildman–Crippen LogP) is 2.40. The molecule has 0 bridgehead atoms. The Morgan fingerprint density at radius 1 is 1.04 bits per heavy atom. The molecule has 0 unspecified atom stereocenters. The molecule has 6 heteroatoms. The van der Waals surface area contributed by atoms with Crippen molar-refractivity contribution in [2.24, 2.45) is 0 Å². The standard InChI is InChI=1S/C17H24N6/c1-13-7-12-23(21-13)17-6-5-16(19-20-17)18-14-8-10-22(11-9-14)15-3-2-4-15/h5-7,12,14-15H,2-4,8-11H2,1H3,(H,18,19). The lowest BCUT2D eigenvalue weighted by Crippen LogP contribution is -2.47. The molecular formula is C17H24N6. The van der Waals surface area contributed by atoms with Gasteiger partial charge in [0.05, 0.1) is 5.69 Å². The average Bonchev–Trinajstić information content (AvgIpc) is 2.95. The van der Waals surface area contributed by atoms with Gasteiger partial charge in [0.1, 0.15) is 5.82 Å². The monoisotopic (exact) mass is 312 g/mol. The fraction of sp³-hybridized carbons (Fsp3) is 0.588. The Morgan fingerprint density at radius 2 is 1.87 bits per heavy atom. The highest BCUT2D eigenvalue weighted by atomic mass is 15.3. The maximum atomic E-state index is 4.35. The van der Waals surface area contributed by atoms with Crippen molar-refractivity contribution in [1.82, 2.24) is 24.9 Å². The van der Waals surface area contributed by atoms with E-state index in [1.807, 2.05) is 31.3 Å². The topological polar surface area (TPSA) is 58.9 Å². The van der Waals surface area contributed by atoms with Gasteiger partial charge in [-0.15, -0.1) is 10.2 Å². The molecule has 1 N–H and O–H groups in total. The van der Waals surface area contributed by atoms with Crippen LogP contribution in [0.3, 0.4) is 0 Å². The maximum absolute atomic E-state index is 4.35. The summed E-state index contributed by atoms with van der Waals surface area (Å²) in [6, 6.07) is 7.30. The summed E-state index contributed by atoms with van der Waals surface area (Å²) in [6.45, 7) is 4.39. The van der Waals surface area contributed by atoms with Gasteiger partial charge >= 0.3 is 0 Å². The minimum atomic E-state index is 0.512. The molecule has 0 aromatic carbocycles. The van der Waals surface area contributed by atoms with Crippen molar-refractivity contribution >= 4 is 5.82 Å². The first-order chi connectivity index (χ1) is 11.3. The summed E-state index contributed by atoms with van der Waals surface area (Å²) in [5, 5.41) is 16.5. The van der Waals surface area contributed by atoms with E-state index in [-0.39, 0.29) is 0 Å². The first-order valence-corrected chi connectivity index (χ1v) is 8.65. The van der Waals surface area contributed by atoms with Gasteiger partial charge in [0, 0.05) is 31.4 Å². The van der Waals surface area contributed by atoms with Crippen LogP contribution in [0.1, 0.15) is 37.8 Å². The van der Waals surface area contributed by atoms with E-state index >= 15 is 0 Å². The second-order valence-corrected chi connectivity index (χ2v) is 6.72. The van der Waals surface area contributed by atoms with Crippen LogP contribution in [0.15, 0.2) is 24.4 Å². The molecule has 4 rings (SSSR count). The lowest BCUT2D eigenvalue weighted by atomic mass is 9.89. The Labute approximate surface area is 136 Å². The molecule has 0 atom stereocenters. The van der Waals surface area contributed by atoms with Gasteiger partial charge in [-0.2, -0.15) is 5.10 Å². The van der Waals surface area contributed by atoms with E-state index in [9.17, 15) is 0 Å². The molecule has 1 aliphatic heterocycles. The molecule has 2 aromatic heterocycles. The van der Waals surface area contributed by atoms with Gasteiger partial charge < -0.3 is 10.2 Å². The van der Waals surface area contributed by atoms with E-state index in [2.05, 4.69) is 25.5 Å². The molecule has 23 heavy (non-hydrogen) atoms. The van der Waals surface area contributed by atoms with Gasteiger partial charge in [-0.05, 0) is 50.8 Å². The number of hydrogen-bond acceptors (Lipinski definition) is 5. The zero-order chi connectivity index (χ0) is 15.6. The molecule has 1 aliphatic carbocycles. The molecule has 3 heterocycles. The normalized spacial score (nSPS) is 20.4. The van der Waals surface area contributed by atoms with Crippen LogP contribution in [0.5, 0.6) is 0 Å². The van der Waals surface area contributed by atoms with Gasteiger partial charge in [0.15, 0.2) is 5.82 Å². The number of rotatable bonds is 4. The first-order valence-electron chi connectivity index (χ1n) is 8.65. The minimum Gasteiger partial charge on any atom is -0.366 e. The van der Waals surface area contributed by atoms with Gasteiger partial charge in [0.25, 0.3) is 0 Å². The third-order valence-corrected chi connectivity index (χ3v) is 5.08. The lowest BCUT2D eigenvalue weighted by molar-refractivity contribution is 0.101. The molecule has 2 aromatic rings. The van der Waals surface area contributed by atoms with Gasteiger partial charge in [0.2, 0.25) is 0 Å². The smallest absolute Gasteiger partial charge is 0.175 e. The van der Waals surface area contributed by atoms with Gasteiger partial charge in [-0.25, -0.2) is 4.68 Å². The molecular weight excluding hydrogens is 288 g/mol. The molecule has 0 radical (unpaired) electrons. The fourth-order valence-electron chi connectivity index (χ4n) is 3.44. The van der Waals surface area contributed by atoms with Crippen LogP contribution in [0.4, 0.5) is 5.82 Å². The molecule has 6 nitrogen and oxygen atoms in total. The lowest BCUT2D eigenvalue weighted by Gasteiger charge is -2.41. The third kappa shape index (κ3) is 3.22. The molecule has 2 fully saturated rings. The van der Waals surface area contributed by atoms with E-state index < -0.39 is 0 Å². The minimum absolute atomic E-state index is 0.512. The van der Waals surface area contributed by atoms with Crippen LogP contribution < -0.4 is 5.32 Å². The van der Waals surface area contributed by atoms with Crippen LogP contribution in [0.2, 0.25) is 0 Å². The van der Waals surface area contributed by atoms with E-state index in [1.54, 1.807) is 4.68 Å². The van der Waals surface area contributed by atoms with Crippen LogP contribution >= 0.6 is 0 Å². The summed E-state index contributed by atoms with van der Waals surface area (Å²) in [5.41, 5.74) is 0.979.